The van der Waals surface area contributed by atoms with Gasteiger partial charge in [0.2, 0.25) is 0 Å². The molecule has 0 radical (unpaired) electrons. The monoisotopic (exact) mass is 324 g/mol. The summed E-state index contributed by atoms with van der Waals surface area (Å²) in [7, 11) is 0. The molecule has 124 valence electrons. The van der Waals surface area contributed by atoms with E-state index in [0.717, 1.165) is 17.2 Å². The fourth-order valence-corrected chi connectivity index (χ4v) is 2.33. The second-order valence-corrected chi connectivity index (χ2v) is 4.77. The zero-order valence-corrected chi connectivity index (χ0v) is 13.6. The van der Waals surface area contributed by atoms with Gasteiger partial charge >= 0.3 is 0 Å². The van der Waals surface area contributed by atoms with E-state index < -0.39 is 0 Å². The molecule has 1 aromatic carbocycles. The molecule has 3 rings (SSSR count). The Bertz CT molecular complexity index is 813. The molecule has 1 aliphatic heterocycles. The van der Waals surface area contributed by atoms with E-state index in [1.54, 1.807) is 0 Å². The number of benzene rings is 1. The SMILES string of the molecule is CC.N=C/C=C\C(=N)N1CC(O)=C(c2nc3ccccc3[nH]2)C1=N. The molecular weight excluding hydrogens is 304 g/mol. The second-order valence-electron chi connectivity index (χ2n) is 4.77. The number of hydrogen-bond acceptors (Lipinski definition) is 5. The van der Waals surface area contributed by atoms with Crippen LogP contribution in [-0.4, -0.2) is 44.4 Å². The van der Waals surface area contributed by atoms with Gasteiger partial charge in [0.25, 0.3) is 0 Å². The summed E-state index contributed by atoms with van der Waals surface area (Å²) in [4.78, 5) is 8.81. The number of hydrogen-bond donors (Lipinski definition) is 5. The lowest BCUT2D eigenvalue weighted by Gasteiger charge is -2.16. The van der Waals surface area contributed by atoms with Crippen LogP contribution < -0.4 is 0 Å². The zero-order chi connectivity index (χ0) is 17.7. The molecule has 2 heterocycles. The summed E-state index contributed by atoms with van der Waals surface area (Å²) in [5.74, 6) is 0.453. The fourth-order valence-electron chi connectivity index (χ4n) is 2.33. The summed E-state index contributed by atoms with van der Waals surface area (Å²) in [5, 5.41) is 33.2. The number of amidine groups is 2. The van der Waals surface area contributed by atoms with Crippen molar-refractivity contribution in [3.8, 4) is 0 Å². The molecule has 1 aromatic heterocycles. The molecule has 7 heteroatoms. The van der Waals surface area contributed by atoms with Gasteiger partial charge in [-0.3, -0.25) is 10.8 Å². The Morgan fingerprint density at radius 1 is 1.33 bits per heavy atom. The van der Waals surface area contributed by atoms with Crippen LogP contribution in [0, 0.1) is 16.2 Å². The minimum atomic E-state index is -0.00272. The maximum Gasteiger partial charge on any atom is 0.145 e. The number of aromatic nitrogens is 2. The van der Waals surface area contributed by atoms with Crippen molar-refractivity contribution in [3.05, 3.63) is 48.0 Å². The Morgan fingerprint density at radius 3 is 2.71 bits per heavy atom. The van der Waals surface area contributed by atoms with Crippen LogP contribution in [0.2, 0.25) is 0 Å². The average molecular weight is 324 g/mol. The maximum absolute atomic E-state index is 10.2. The van der Waals surface area contributed by atoms with E-state index >= 15 is 0 Å². The highest BCUT2D eigenvalue weighted by Gasteiger charge is 2.31. The van der Waals surface area contributed by atoms with E-state index in [0.29, 0.717) is 11.4 Å². The predicted molar refractivity (Wildman–Crippen MR) is 97.1 cm³/mol. The Morgan fingerprint density at radius 2 is 2.04 bits per heavy atom. The van der Waals surface area contributed by atoms with Gasteiger partial charge in [-0.15, -0.1) is 0 Å². The molecule has 7 nitrogen and oxygen atoms in total. The smallest absolute Gasteiger partial charge is 0.145 e. The third kappa shape index (κ3) is 3.10. The van der Waals surface area contributed by atoms with Gasteiger partial charge in [0.15, 0.2) is 0 Å². The molecule has 5 N–H and O–H groups in total. The minimum Gasteiger partial charge on any atom is -0.509 e. The van der Waals surface area contributed by atoms with Gasteiger partial charge in [-0.1, -0.05) is 26.0 Å². The topological polar surface area (TPSA) is 124 Å². The van der Waals surface area contributed by atoms with E-state index in [2.05, 4.69) is 9.97 Å². The number of nitrogens with one attached hydrogen (secondary N) is 4. The Balaban J connectivity index is 0.00000100. The zero-order valence-electron chi connectivity index (χ0n) is 13.6. The first kappa shape index (κ1) is 17.1. The number of fused-ring (bicyclic) bond motifs is 1. The molecule has 0 saturated heterocycles. The molecule has 1 aliphatic rings. The van der Waals surface area contributed by atoms with Crippen LogP contribution in [0.1, 0.15) is 19.7 Å². The highest BCUT2D eigenvalue weighted by Crippen LogP contribution is 2.27. The van der Waals surface area contributed by atoms with Crippen molar-refractivity contribution in [2.45, 2.75) is 13.8 Å². The largest absolute Gasteiger partial charge is 0.509 e. The van der Waals surface area contributed by atoms with Crippen LogP contribution in [0.15, 0.2) is 42.2 Å². The second kappa shape index (κ2) is 7.36. The van der Waals surface area contributed by atoms with Crippen molar-refractivity contribution < 1.29 is 5.11 Å². The Hall–Kier alpha value is -3.22. The van der Waals surface area contributed by atoms with Crippen molar-refractivity contribution in [1.29, 1.82) is 16.2 Å². The van der Waals surface area contributed by atoms with Crippen LogP contribution in [-0.2, 0) is 0 Å². The van der Waals surface area contributed by atoms with Crippen molar-refractivity contribution in [2.75, 3.05) is 6.54 Å². The first-order chi connectivity index (χ1) is 11.6. The van der Waals surface area contributed by atoms with Crippen LogP contribution in [0.3, 0.4) is 0 Å². The quantitative estimate of drug-likeness (QED) is 0.439. The average Bonchev–Trinajstić information content (AvgIpc) is 3.14. The summed E-state index contributed by atoms with van der Waals surface area (Å²) in [6, 6.07) is 7.46. The van der Waals surface area contributed by atoms with E-state index in [1.165, 1.54) is 17.1 Å². The van der Waals surface area contributed by atoms with E-state index in [4.69, 9.17) is 16.2 Å². The standard InChI is InChI=1S/C15H14N6O.C2H6/c16-7-3-6-12(17)21-8-11(22)13(14(21)18)15-19-9-4-1-2-5-10(9)20-15;1-2/h1-7,16-18,22H,8H2,(H,19,20);1-2H3/b6-3-,16-7?,17-12?,18-14?;. The van der Waals surface area contributed by atoms with Crippen LogP contribution in [0.25, 0.3) is 16.6 Å². The highest BCUT2D eigenvalue weighted by atomic mass is 16.3. The van der Waals surface area contributed by atoms with Gasteiger partial charge in [-0.05, 0) is 24.3 Å². The third-order valence-corrected chi connectivity index (χ3v) is 3.37. The normalized spacial score (nSPS) is 14.2. The Kier molecular flexibility index (Phi) is 5.26. The highest BCUT2D eigenvalue weighted by molar-refractivity contribution is 6.28. The van der Waals surface area contributed by atoms with Crippen LogP contribution in [0.5, 0.6) is 0 Å². The number of H-pyrrole nitrogens is 1. The molecule has 2 aromatic rings. The number of nitrogens with zero attached hydrogens (tertiary/aromatic N) is 2. The summed E-state index contributed by atoms with van der Waals surface area (Å²) >= 11 is 0. The number of aromatic amines is 1. The van der Waals surface area contributed by atoms with E-state index in [-0.39, 0.29) is 24.0 Å². The fraction of sp³-hybridized carbons (Fsp3) is 0.176. The molecule has 0 aliphatic carbocycles. The van der Waals surface area contributed by atoms with Crippen molar-refractivity contribution in [1.82, 2.24) is 14.9 Å². The summed E-state index contributed by atoms with van der Waals surface area (Å²) in [6.07, 6.45) is 3.85. The summed E-state index contributed by atoms with van der Waals surface area (Å²) in [6.45, 7) is 4.05. The molecule has 0 unspecified atom stereocenters. The first-order valence-corrected chi connectivity index (χ1v) is 7.61. The van der Waals surface area contributed by atoms with Gasteiger partial charge < -0.3 is 20.4 Å². The molecular formula is C17H20N6O. The van der Waals surface area contributed by atoms with Gasteiger partial charge in [-0.25, -0.2) is 4.98 Å². The molecule has 0 bridgehead atoms. The lowest BCUT2D eigenvalue weighted by molar-refractivity contribution is 0.387. The number of aliphatic hydroxyl groups is 1. The van der Waals surface area contributed by atoms with E-state index in [1.807, 2.05) is 38.1 Å². The molecule has 0 spiro atoms. The third-order valence-electron chi connectivity index (χ3n) is 3.37. The lowest BCUT2D eigenvalue weighted by atomic mass is 10.2. The summed E-state index contributed by atoms with van der Waals surface area (Å²) < 4.78 is 0. The van der Waals surface area contributed by atoms with Gasteiger partial charge in [0.1, 0.15) is 23.3 Å². The van der Waals surface area contributed by atoms with Crippen LogP contribution in [0.4, 0.5) is 0 Å². The van der Waals surface area contributed by atoms with Crippen molar-refractivity contribution >= 4 is 34.5 Å². The number of aliphatic hydroxyl groups excluding tert-OH is 1. The first-order valence-electron chi connectivity index (χ1n) is 7.61. The molecule has 24 heavy (non-hydrogen) atoms. The molecule has 0 amide bonds. The number of rotatable bonds is 3. The number of para-hydroxylation sites is 2. The Labute approximate surface area is 139 Å². The lowest BCUT2D eigenvalue weighted by Crippen LogP contribution is -2.31. The molecule has 0 saturated carbocycles. The van der Waals surface area contributed by atoms with Crippen LogP contribution >= 0.6 is 0 Å². The molecule has 0 fully saturated rings. The van der Waals surface area contributed by atoms with Crippen molar-refractivity contribution in [3.63, 3.8) is 0 Å². The number of allylic oxidation sites excluding steroid dienone is 1. The number of imidazole rings is 1. The van der Waals surface area contributed by atoms with Crippen molar-refractivity contribution in [2.24, 2.45) is 0 Å². The van der Waals surface area contributed by atoms with Gasteiger partial charge in [-0.2, -0.15) is 0 Å². The minimum absolute atomic E-state index is 0.00272. The molecule has 0 atom stereocenters. The maximum atomic E-state index is 10.2. The summed E-state index contributed by atoms with van der Waals surface area (Å²) in [5.41, 5.74) is 1.87. The predicted octanol–water partition coefficient (Wildman–Crippen LogP) is 3.33. The van der Waals surface area contributed by atoms with Gasteiger partial charge in [0, 0.05) is 6.21 Å². The van der Waals surface area contributed by atoms with Gasteiger partial charge in [0.05, 0.1) is 23.2 Å². The van der Waals surface area contributed by atoms with E-state index in [9.17, 15) is 5.11 Å².